The van der Waals surface area contributed by atoms with Crippen molar-refractivity contribution in [3.8, 4) is 5.75 Å². The molecule has 2 N–H and O–H groups in total. The fraction of sp³-hybridized carbons (Fsp3) is 0.400. The van der Waals surface area contributed by atoms with Gasteiger partial charge in [-0.15, -0.1) is 13.2 Å². The van der Waals surface area contributed by atoms with Gasteiger partial charge in [-0.3, -0.25) is 4.79 Å². The number of hydrogen-bond donors (Lipinski definition) is 2. The molecule has 0 aliphatic heterocycles. The van der Waals surface area contributed by atoms with Crippen molar-refractivity contribution in [3.05, 3.63) is 53.1 Å². The lowest BCUT2D eigenvalue weighted by Crippen LogP contribution is -2.34. The Kier molecular flexibility index (Phi) is 7.73. The molecule has 11 heteroatoms. The number of amides is 1. The van der Waals surface area contributed by atoms with Crippen molar-refractivity contribution < 1.29 is 22.7 Å². The number of halogens is 4. The first-order valence-electron chi connectivity index (χ1n) is 11.6. The van der Waals surface area contributed by atoms with Crippen molar-refractivity contribution in [1.29, 1.82) is 0 Å². The van der Waals surface area contributed by atoms with Crippen LogP contribution in [0.1, 0.15) is 36.0 Å². The molecule has 0 saturated heterocycles. The van der Waals surface area contributed by atoms with E-state index < -0.39 is 18.0 Å². The van der Waals surface area contributed by atoms with E-state index in [2.05, 4.69) is 20.4 Å². The Bertz CT molecular complexity index is 1230. The standard InChI is InChI=1S/C25H27ClF3N5O2/c1-34(2)22-18-5-3-4-6-20(18)32-24(33-22)31-17-10-7-15(8-11-17)14-30-23(35)16-9-12-21(19(26)13-16)36-25(27,28)29/h3-6,9,12-13,15,17H,7-8,10-11,14H2,1-2H3,(H,30,35)(H,31,32,33). The molecule has 192 valence electrons. The van der Waals surface area contributed by atoms with Gasteiger partial charge in [-0.2, -0.15) is 4.98 Å². The number of fused-ring (bicyclic) bond motifs is 1. The van der Waals surface area contributed by atoms with Crippen LogP contribution in [-0.2, 0) is 0 Å². The number of ether oxygens (including phenoxy) is 1. The third-order valence-corrected chi connectivity index (χ3v) is 6.45. The Balaban J connectivity index is 1.29. The van der Waals surface area contributed by atoms with E-state index in [1.165, 1.54) is 12.1 Å². The normalized spacial score (nSPS) is 18.1. The first-order valence-corrected chi connectivity index (χ1v) is 12.0. The highest BCUT2D eigenvalue weighted by Crippen LogP contribution is 2.31. The molecule has 1 amide bonds. The van der Waals surface area contributed by atoms with Gasteiger partial charge in [0.15, 0.2) is 0 Å². The summed E-state index contributed by atoms with van der Waals surface area (Å²) >= 11 is 5.85. The average Bonchev–Trinajstić information content (AvgIpc) is 2.83. The summed E-state index contributed by atoms with van der Waals surface area (Å²) in [6.07, 6.45) is -1.22. The molecule has 0 bridgehead atoms. The zero-order chi connectivity index (χ0) is 25.9. The number of anilines is 2. The second-order valence-corrected chi connectivity index (χ2v) is 9.45. The van der Waals surface area contributed by atoms with Crippen molar-refractivity contribution in [2.45, 2.75) is 38.1 Å². The number of para-hydroxylation sites is 1. The molecular formula is C25H27ClF3N5O2. The molecule has 0 atom stereocenters. The highest BCUT2D eigenvalue weighted by Gasteiger charge is 2.32. The Hall–Kier alpha value is -3.27. The predicted octanol–water partition coefficient (Wildman–Crippen LogP) is 5.65. The molecule has 1 aromatic heterocycles. The van der Waals surface area contributed by atoms with Crippen molar-refractivity contribution in [3.63, 3.8) is 0 Å². The van der Waals surface area contributed by atoms with Crippen LogP contribution in [0.15, 0.2) is 42.5 Å². The SMILES string of the molecule is CN(C)c1nc(NC2CCC(CNC(=O)c3ccc(OC(F)(F)F)c(Cl)c3)CC2)nc2ccccc12. The lowest BCUT2D eigenvalue weighted by atomic mass is 9.86. The number of rotatable bonds is 7. The van der Waals surface area contributed by atoms with Gasteiger partial charge in [-0.25, -0.2) is 4.98 Å². The second-order valence-electron chi connectivity index (χ2n) is 9.05. The summed E-state index contributed by atoms with van der Waals surface area (Å²) in [5.74, 6) is 0.822. The second kappa shape index (κ2) is 10.8. The first kappa shape index (κ1) is 25.8. The molecule has 2 aromatic carbocycles. The molecule has 1 fully saturated rings. The van der Waals surface area contributed by atoms with E-state index in [9.17, 15) is 18.0 Å². The minimum absolute atomic E-state index is 0.176. The van der Waals surface area contributed by atoms with E-state index >= 15 is 0 Å². The number of nitrogens with one attached hydrogen (secondary N) is 2. The van der Waals surface area contributed by atoms with E-state index in [-0.39, 0.29) is 16.6 Å². The van der Waals surface area contributed by atoms with E-state index in [1.807, 2.05) is 43.3 Å². The van der Waals surface area contributed by atoms with Crippen LogP contribution < -0.4 is 20.3 Å². The van der Waals surface area contributed by atoms with Gasteiger partial charge in [0.1, 0.15) is 11.6 Å². The van der Waals surface area contributed by atoms with Crippen molar-refractivity contribution in [2.75, 3.05) is 30.9 Å². The molecule has 0 spiro atoms. The van der Waals surface area contributed by atoms with Gasteiger partial charge < -0.3 is 20.3 Å². The molecule has 0 unspecified atom stereocenters. The zero-order valence-electron chi connectivity index (χ0n) is 19.9. The number of carbonyl (C=O) groups is 1. The molecule has 1 heterocycles. The molecular weight excluding hydrogens is 495 g/mol. The van der Waals surface area contributed by atoms with Crippen molar-refractivity contribution in [2.24, 2.45) is 5.92 Å². The maximum absolute atomic E-state index is 12.5. The van der Waals surface area contributed by atoms with Crippen molar-refractivity contribution in [1.82, 2.24) is 15.3 Å². The lowest BCUT2D eigenvalue weighted by Gasteiger charge is -2.29. The average molecular weight is 522 g/mol. The third kappa shape index (κ3) is 6.48. The maximum Gasteiger partial charge on any atom is 0.573 e. The minimum Gasteiger partial charge on any atom is -0.404 e. The van der Waals surface area contributed by atoms with E-state index in [1.54, 1.807) is 0 Å². The highest BCUT2D eigenvalue weighted by atomic mass is 35.5. The van der Waals surface area contributed by atoms with E-state index in [0.29, 0.717) is 18.4 Å². The number of hydrogen-bond acceptors (Lipinski definition) is 6. The van der Waals surface area contributed by atoms with Crippen LogP contribution in [0.4, 0.5) is 24.9 Å². The van der Waals surface area contributed by atoms with Crippen molar-refractivity contribution >= 4 is 40.2 Å². The molecule has 0 radical (unpaired) electrons. The molecule has 1 aliphatic rings. The van der Waals surface area contributed by atoms with Crippen LogP contribution in [0.3, 0.4) is 0 Å². The monoisotopic (exact) mass is 521 g/mol. The molecule has 36 heavy (non-hydrogen) atoms. The largest absolute Gasteiger partial charge is 0.573 e. The molecule has 1 saturated carbocycles. The van der Waals surface area contributed by atoms with Crippen LogP contribution in [0, 0.1) is 5.92 Å². The molecule has 1 aliphatic carbocycles. The van der Waals surface area contributed by atoms with Crippen LogP contribution in [-0.4, -0.2) is 48.9 Å². The fourth-order valence-electron chi connectivity index (χ4n) is 4.35. The minimum atomic E-state index is -4.85. The summed E-state index contributed by atoms with van der Waals surface area (Å²) in [6.45, 7) is 0.473. The summed E-state index contributed by atoms with van der Waals surface area (Å²) < 4.78 is 41.0. The quantitative estimate of drug-likeness (QED) is 0.418. The number of aromatic nitrogens is 2. The van der Waals surface area contributed by atoms with Gasteiger partial charge in [0.05, 0.1) is 10.5 Å². The summed E-state index contributed by atoms with van der Waals surface area (Å²) in [5, 5.41) is 7.04. The molecule has 3 aromatic rings. The van der Waals surface area contributed by atoms with Gasteiger partial charge in [0.2, 0.25) is 5.95 Å². The number of benzene rings is 2. The first-order chi connectivity index (χ1) is 17.1. The number of nitrogens with zero attached hydrogens (tertiary/aromatic N) is 3. The smallest absolute Gasteiger partial charge is 0.404 e. The molecule has 4 rings (SSSR count). The maximum atomic E-state index is 12.5. The van der Waals surface area contributed by atoms with Gasteiger partial charge in [0, 0.05) is 37.6 Å². The summed E-state index contributed by atoms with van der Waals surface area (Å²) in [7, 11) is 3.91. The Morgan fingerprint density at radius 1 is 1.11 bits per heavy atom. The van der Waals surface area contributed by atoms with Gasteiger partial charge in [-0.1, -0.05) is 23.7 Å². The zero-order valence-corrected chi connectivity index (χ0v) is 20.7. The molecule has 7 nitrogen and oxygen atoms in total. The van der Waals surface area contributed by atoms with Crippen LogP contribution >= 0.6 is 11.6 Å². The predicted molar refractivity (Wildman–Crippen MR) is 134 cm³/mol. The number of carbonyl (C=O) groups excluding carboxylic acids is 1. The van der Waals surface area contributed by atoms with E-state index in [4.69, 9.17) is 16.6 Å². The Morgan fingerprint density at radius 2 is 1.83 bits per heavy atom. The Labute approximate surface area is 212 Å². The third-order valence-electron chi connectivity index (χ3n) is 6.16. The number of alkyl halides is 3. The van der Waals surface area contributed by atoms with Crippen LogP contribution in [0.2, 0.25) is 5.02 Å². The van der Waals surface area contributed by atoms with Gasteiger partial charge >= 0.3 is 6.36 Å². The van der Waals surface area contributed by atoms with E-state index in [0.717, 1.165) is 48.5 Å². The Morgan fingerprint density at radius 3 is 2.50 bits per heavy atom. The fourth-order valence-corrected chi connectivity index (χ4v) is 4.57. The van der Waals surface area contributed by atoms with Gasteiger partial charge in [-0.05, 0) is 61.9 Å². The summed E-state index contributed by atoms with van der Waals surface area (Å²) in [5.41, 5.74) is 1.06. The summed E-state index contributed by atoms with van der Waals surface area (Å²) in [6, 6.07) is 11.6. The topological polar surface area (TPSA) is 79.4 Å². The summed E-state index contributed by atoms with van der Waals surface area (Å²) in [4.78, 5) is 23.8. The van der Waals surface area contributed by atoms with Crippen LogP contribution in [0.5, 0.6) is 5.75 Å². The van der Waals surface area contributed by atoms with Gasteiger partial charge in [0.25, 0.3) is 5.91 Å². The highest BCUT2D eigenvalue weighted by molar-refractivity contribution is 6.32. The lowest BCUT2D eigenvalue weighted by molar-refractivity contribution is -0.274. The van der Waals surface area contributed by atoms with Crippen LogP contribution in [0.25, 0.3) is 10.9 Å².